The van der Waals surface area contributed by atoms with Crippen molar-refractivity contribution in [2.75, 3.05) is 0 Å². The molecule has 0 saturated heterocycles. The van der Waals surface area contributed by atoms with Crippen LogP contribution in [-0.4, -0.2) is 5.11 Å². The molecule has 1 aliphatic heterocycles. The smallest absolute Gasteiger partial charge is 0.0681 e. The molecule has 2 heteroatoms. The lowest BCUT2D eigenvalue weighted by atomic mass is 10.0. The molecule has 1 atom stereocenters. The summed E-state index contributed by atoms with van der Waals surface area (Å²) in [5, 5.41) is 12.3. The molecule has 1 aromatic carbocycles. The molecule has 0 amide bonds. The Bertz CT molecular complexity index is 296. The molecule has 0 fully saturated rings. The zero-order chi connectivity index (χ0) is 8.55. The molecule has 0 radical (unpaired) electrons. The van der Waals surface area contributed by atoms with Crippen LogP contribution in [-0.2, 0) is 13.2 Å². The standard InChI is InChI=1S/C10H13NO/c1-7-10-3-2-8(6-12)4-9(10)5-11-7/h2-4,7,11-12H,5-6H2,1H3/t7-/m1/s1. The molecule has 0 unspecified atom stereocenters. The largest absolute Gasteiger partial charge is 0.392 e. The molecular formula is C10H13NO. The SMILES string of the molecule is C[C@H]1NCc2cc(CO)ccc21. The number of rotatable bonds is 1. The van der Waals surface area contributed by atoms with Gasteiger partial charge in [-0.2, -0.15) is 0 Å². The van der Waals surface area contributed by atoms with Crippen LogP contribution in [0.3, 0.4) is 0 Å². The summed E-state index contributed by atoms with van der Waals surface area (Å²) in [4.78, 5) is 0. The van der Waals surface area contributed by atoms with Crippen molar-refractivity contribution in [1.82, 2.24) is 5.32 Å². The van der Waals surface area contributed by atoms with Gasteiger partial charge >= 0.3 is 0 Å². The van der Waals surface area contributed by atoms with Gasteiger partial charge in [-0.05, 0) is 23.6 Å². The maximum atomic E-state index is 8.91. The van der Waals surface area contributed by atoms with Crippen molar-refractivity contribution in [3.8, 4) is 0 Å². The molecule has 2 rings (SSSR count). The van der Waals surface area contributed by atoms with E-state index in [4.69, 9.17) is 5.11 Å². The maximum Gasteiger partial charge on any atom is 0.0681 e. The summed E-state index contributed by atoms with van der Waals surface area (Å²) in [5.74, 6) is 0. The van der Waals surface area contributed by atoms with Crippen LogP contribution >= 0.6 is 0 Å². The van der Waals surface area contributed by atoms with Crippen molar-refractivity contribution in [2.24, 2.45) is 0 Å². The molecule has 0 saturated carbocycles. The van der Waals surface area contributed by atoms with Crippen molar-refractivity contribution in [3.05, 3.63) is 34.9 Å². The van der Waals surface area contributed by atoms with E-state index in [2.05, 4.69) is 24.4 Å². The van der Waals surface area contributed by atoms with Gasteiger partial charge in [0.05, 0.1) is 6.61 Å². The average Bonchev–Trinajstić information content (AvgIpc) is 2.47. The lowest BCUT2D eigenvalue weighted by Gasteiger charge is -2.04. The Morgan fingerprint density at radius 2 is 2.42 bits per heavy atom. The highest BCUT2D eigenvalue weighted by molar-refractivity contribution is 5.36. The molecule has 2 nitrogen and oxygen atoms in total. The molecule has 2 N–H and O–H groups in total. The quantitative estimate of drug-likeness (QED) is 0.655. The van der Waals surface area contributed by atoms with Crippen LogP contribution in [0.25, 0.3) is 0 Å². The molecule has 0 bridgehead atoms. The molecule has 0 aromatic heterocycles. The van der Waals surface area contributed by atoms with Crippen molar-refractivity contribution in [3.63, 3.8) is 0 Å². The zero-order valence-electron chi connectivity index (χ0n) is 7.17. The molecule has 64 valence electrons. The van der Waals surface area contributed by atoms with E-state index in [1.54, 1.807) is 0 Å². The van der Waals surface area contributed by atoms with Crippen LogP contribution in [0, 0.1) is 0 Å². The maximum absolute atomic E-state index is 8.91. The normalized spacial score (nSPS) is 21.0. The van der Waals surface area contributed by atoms with Gasteiger partial charge in [0, 0.05) is 12.6 Å². The predicted molar refractivity (Wildman–Crippen MR) is 47.6 cm³/mol. The fourth-order valence-corrected chi connectivity index (χ4v) is 1.71. The number of hydrogen-bond donors (Lipinski definition) is 2. The molecule has 0 aliphatic carbocycles. The fraction of sp³-hybridized carbons (Fsp3) is 0.400. The van der Waals surface area contributed by atoms with E-state index < -0.39 is 0 Å². The Morgan fingerprint density at radius 1 is 1.58 bits per heavy atom. The summed E-state index contributed by atoms with van der Waals surface area (Å²) in [6.45, 7) is 3.23. The molecule has 12 heavy (non-hydrogen) atoms. The summed E-state index contributed by atoms with van der Waals surface area (Å²) in [6, 6.07) is 6.63. The van der Waals surface area contributed by atoms with Crippen LogP contribution in [0.1, 0.15) is 29.7 Å². The first-order chi connectivity index (χ1) is 5.81. The minimum Gasteiger partial charge on any atom is -0.392 e. The van der Waals surface area contributed by atoms with E-state index in [1.165, 1.54) is 11.1 Å². The monoisotopic (exact) mass is 163 g/mol. The minimum atomic E-state index is 0.141. The van der Waals surface area contributed by atoms with Gasteiger partial charge in [-0.15, -0.1) is 0 Å². The van der Waals surface area contributed by atoms with Crippen LogP contribution in [0.5, 0.6) is 0 Å². The van der Waals surface area contributed by atoms with E-state index >= 15 is 0 Å². The van der Waals surface area contributed by atoms with Gasteiger partial charge in [-0.1, -0.05) is 18.2 Å². The van der Waals surface area contributed by atoms with Gasteiger partial charge in [0.2, 0.25) is 0 Å². The van der Waals surface area contributed by atoms with E-state index in [9.17, 15) is 0 Å². The summed E-state index contributed by atoms with van der Waals surface area (Å²) < 4.78 is 0. The van der Waals surface area contributed by atoms with E-state index in [-0.39, 0.29) is 6.61 Å². The summed E-state index contributed by atoms with van der Waals surface area (Å²) >= 11 is 0. The third-order valence-corrected chi connectivity index (χ3v) is 2.46. The van der Waals surface area contributed by atoms with Gasteiger partial charge in [-0.3, -0.25) is 0 Å². The first kappa shape index (κ1) is 7.77. The second-order valence-electron chi connectivity index (χ2n) is 3.29. The first-order valence-electron chi connectivity index (χ1n) is 4.27. The van der Waals surface area contributed by atoms with Crippen LogP contribution in [0.4, 0.5) is 0 Å². The third-order valence-electron chi connectivity index (χ3n) is 2.46. The topological polar surface area (TPSA) is 32.3 Å². The second-order valence-corrected chi connectivity index (χ2v) is 3.29. The highest BCUT2D eigenvalue weighted by Gasteiger charge is 2.16. The Morgan fingerprint density at radius 3 is 3.17 bits per heavy atom. The number of fused-ring (bicyclic) bond motifs is 1. The van der Waals surface area contributed by atoms with Gasteiger partial charge in [-0.25, -0.2) is 0 Å². The Kier molecular flexibility index (Phi) is 1.87. The van der Waals surface area contributed by atoms with E-state index in [1.807, 2.05) is 6.07 Å². The Balaban J connectivity index is 2.41. The molecule has 1 heterocycles. The second kappa shape index (κ2) is 2.88. The Labute approximate surface area is 72.2 Å². The van der Waals surface area contributed by atoms with Crippen molar-refractivity contribution in [2.45, 2.75) is 26.1 Å². The Hall–Kier alpha value is -0.860. The lowest BCUT2D eigenvalue weighted by molar-refractivity contribution is 0.281. The molecular weight excluding hydrogens is 150 g/mol. The average molecular weight is 163 g/mol. The first-order valence-corrected chi connectivity index (χ1v) is 4.27. The van der Waals surface area contributed by atoms with Gasteiger partial charge in [0.1, 0.15) is 0 Å². The van der Waals surface area contributed by atoms with Gasteiger partial charge in [0.25, 0.3) is 0 Å². The zero-order valence-corrected chi connectivity index (χ0v) is 7.17. The fourth-order valence-electron chi connectivity index (χ4n) is 1.71. The lowest BCUT2D eigenvalue weighted by Crippen LogP contribution is -2.06. The van der Waals surface area contributed by atoms with E-state index in [0.29, 0.717) is 6.04 Å². The van der Waals surface area contributed by atoms with E-state index in [0.717, 1.165) is 12.1 Å². The van der Waals surface area contributed by atoms with Crippen molar-refractivity contribution in [1.29, 1.82) is 0 Å². The highest BCUT2D eigenvalue weighted by Crippen LogP contribution is 2.25. The van der Waals surface area contributed by atoms with Gasteiger partial charge < -0.3 is 10.4 Å². The third kappa shape index (κ3) is 1.13. The number of benzene rings is 1. The minimum absolute atomic E-state index is 0.141. The summed E-state index contributed by atoms with van der Waals surface area (Å²) in [5.41, 5.74) is 3.70. The van der Waals surface area contributed by atoms with Crippen LogP contribution in [0.2, 0.25) is 0 Å². The molecule has 1 aliphatic rings. The van der Waals surface area contributed by atoms with Gasteiger partial charge in [0.15, 0.2) is 0 Å². The predicted octanol–water partition coefficient (Wildman–Crippen LogP) is 1.34. The number of hydrogen-bond acceptors (Lipinski definition) is 2. The number of aliphatic hydroxyl groups is 1. The summed E-state index contributed by atoms with van der Waals surface area (Å²) in [6.07, 6.45) is 0. The molecule has 1 aromatic rings. The molecule has 0 spiro atoms. The number of nitrogens with one attached hydrogen (secondary N) is 1. The summed E-state index contributed by atoms with van der Waals surface area (Å²) in [7, 11) is 0. The number of aliphatic hydroxyl groups excluding tert-OH is 1. The van der Waals surface area contributed by atoms with Crippen molar-refractivity contribution < 1.29 is 5.11 Å². The van der Waals surface area contributed by atoms with Crippen LogP contribution in [0.15, 0.2) is 18.2 Å². The highest BCUT2D eigenvalue weighted by atomic mass is 16.3. The van der Waals surface area contributed by atoms with Crippen molar-refractivity contribution >= 4 is 0 Å². The van der Waals surface area contributed by atoms with Crippen LogP contribution < -0.4 is 5.32 Å².